The number of nitrogen functional groups attached to an aromatic ring is 1. The molecule has 1 saturated carbocycles. The Morgan fingerprint density at radius 2 is 1.96 bits per heavy atom. The van der Waals surface area contributed by atoms with Crippen LogP contribution in [0.2, 0.25) is 0 Å². The fraction of sp³-hybridized carbons (Fsp3) is 0.579. The summed E-state index contributed by atoms with van der Waals surface area (Å²) in [6.45, 7) is 5.71. The van der Waals surface area contributed by atoms with E-state index in [0.717, 1.165) is 44.3 Å². The molecule has 0 bridgehead atoms. The zero-order chi connectivity index (χ0) is 18.6. The third kappa shape index (κ3) is 2.44. The summed E-state index contributed by atoms with van der Waals surface area (Å²) in [5.41, 5.74) is 0.737. The average Bonchev–Trinajstić information content (AvgIpc) is 3.36. The molecule has 1 aromatic heterocycles. The lowest BCUT2D eigenvalue weighted by Crippen LogP contribution is -2.45. The van der Waals surface area contributed by atoms with Crippen LogP contribution in [0.5, 0.6) is 0 Å². The van der Waals surface area contributed by atoms with Crippen molar-refractivity contribution in [1.29, 1.82) is 0 Å². The normalized spacial score (nSPS) is 20.3. The fourth-order valence-electron chi connectivity index (χ4n) is 4.27. The van der Waals surface area contributed by atoms with Gasteiger partial charge in [-0.2, -0.15) is 4.68 Å². The molecular weight excluding hydrogens is 335 g/mol. The van der Waals surface area contributed by atoms with Crippen molar-refractivity contribution in [2.24, 2.45) is 5.92 Å². The van der Waals surface area contributed by atoms with Crippen LogP contribution in [0.4, 0.5) is 10.1 Å². The Bertz CT molecular complexity index is 990. The first kappa shape index (κ1) is 17.1. The quantitative estimate of drug-likeness (QED) is 0.848. The smallest absolute Gasteiger partial charge is 0.350 e. The van der Waals surface area contributed by atoms with Crippen LogP contribution in [0.1, 0.15) is 51.1 Å². The summed E-state index contributed by atoms with van der Waals surface area (Å²) in [5.74, 6) is 5.84. The Labute approximate surface area is 151 Å². The van der Waals surface area contributed by atoms with Crippen molar-refractivity contribution in [1.82, 2.24) is 9.24 Å². The summed E-state index contributed by atoms with van der Waals surface area (Å²) in [7, 11) is 0. The molecule has 140 valence electrons. The average molecular weight is 360 g/mol. The highest BCUT2D eigenvalue weighted by molar-refractivity contribution is 5.87. The zero-order valence-corrected chi connectivity index (χ0v) is 15.3. The van der Waals surface area contributed by atoms with E-state index in [-0.39, 0.29) is 11.4 Å². The summed E-state index contributed by atoms with van der Waals surface area (Å²) in [6, 6.07) is 1.32. The van der Waals surface area contributed by atoms with Gasteiger partial charge in [0.15, 0.2) is 0 Å². The highest BCUT2D eigenvalue weighted by Crippen LogP contribution is 2.39. The highest BCUT2D eigenvalue weighted by atomic mass is 19.1. The van der Waals surface area contributed by atoms with E-state index in [2.05, 4.69) is 11.8 Å². The molecule has 4 rings (SSSR count). The van der Waals surface area contributed by atoms with Crippen molar-refractivity contribution in [3.63, 3.8) is 0 Å². The van der Waals surface area contributed by atoms with E-state index < -0.39 is 17.1 Å². The number of hydrogen-bond donors (Lipinski definition) is 1. The molecule has 1 aliphatic carbocycles. The number of rotatable bonds is 4. The number of benzene rings is 1. The van der Waals surface area contributed by atoms with Gasteiger partial charge in [0, 0.05) is 24.7 Å². The third-order valence-electron chi connectivity index (χ3n) is 5.87. The van der Waals surface area contributed by atoms with E-state index in [1.54, 1.807) is 4.57 Å². The van der Waals surface area contributed by atoms with Crippen molar-refractivity contribution in [2.75, 3.05) is 23.8 Å². The van der Waals surface area contributed by atoms with Crippen LogP contribution >= 0.6 is 0 Å². The van der Waals surface area contributed by atoms with Gasteiger partial charge in [0.1, 0.15) is 5.82 Å². The molecule has 1 aromatic carbocycles. The lowest BCUT2D eigenvalue weighted by molar-refractivity contribution is 0.566. The van der Waals surface area contributed by atoms with Gasteiger partial charge in [-0.15, -0.1) is 0 Å². The molecule has 7 heteroatoms. The molecule has 1 atom stereocenters. The summed E-state index contributed by atoms with van der Waals surface area (Å²) < 4.78 is 17.3. The molecule has 2 N–H and O–H groups in total. The van der Waals surface area contributed by atoms with Gasteiger partial charge in [-0.05, 0) is 37.7 Å². The zero-order valence-electron chi connectivity index (χ0n) is 15.3. The molecule has 0 spiro atoms. The topological polar surface area (TPSA) is 73.3 Å². The monoisotopic (exact) mass is 360 g/mol. The predicted octanol–water partition coefficient (Wildman–Crippen LogP) is 2.15. The number of hydrogen-bond acceptors (Lipinski definition) is 4. The number of aryl methyl sites for hydroxylation is 1. The summed E-state index contributed by atoms with van der Waals surface area (Å²) >= 11 is 0. The van der Waals surface area contributed by atoms with Crippen LogP contribution in [-0.4, -0.2) is 22.3 Å². The molecule has 0 amide bonds. The minimum Gasteiger partial charge on any atom is -0.369 e. The van der Waals surface area contributed by atoms with E-state index in [0.29, 0.717) is 28.2 Å². The van der Waals surface area contributed by atoms with Gasteiger partial charge in [-0.3, -0.25) is 9.36 Å². The van der Waals surface area contributed by atoms with E-state index >= 15 is 4.39 Å². The predicted molar refractivity (Wildman–Crippen MR) is 101 cm³/mol. The van der Waals surface area contributed by atoms with Gasteiger partial charge in [0.2, 0.25) is 0 Å². The number of nitrogens with zero attached hydrogens (tertiary/aromatic N) is 3. The first-order valence-corrected chi connectivity index (χ1v) is 9.50. The van der Waals surface area contributed by atoms with Gasteiger partial charge in [-0.1, -0.05) is 20.3 Å². The Hall–Kier alpha value is -2.31. The molecule has 2 aliphatic rings. The standard InChI is InChI=1S/C19H25FN4O2/c1-3-11-7-8-22(10-11)17-13(4-2)16-14(9-15(17)20)18(25)24(21)19(26)23(16)12-5-6-12/h9,11-12H,3-8,10,21H2,1-2H3. The van der Waals surface area contributed by atoms with E-state index in [9.17, 15) is 9.59 Å². The molecule has 26 heavy (non-hydrogen) atoms. The number of nitrogens with two attached hydrogens (primary N) is 1. The van der Waals surface area contributed by atoms with Gasteiger partial charge >= 0.3 is 5.69 Å². The summed E-state index contributed by atoms with van der Waals surface area (Å²) in [6.07, 6.45) is 4.42. The Morgan fingerprint density at radius 3 is 2.54 bits per heavy atom. The van der Waals surface area contributed by atoms with Crippen LogP contribution in [-0.2, 0) is 6.42 Å². The SMILES string of the molecule is CCc1c(N2CCC(CC)C2)c(F)cc2c(=O)n(N)c(=O)n(C3CC3)c12. The second-order valence-corrected chi connectivity index (χ2v) is 7.50. The van der Waals surface area contributed by atoms with Crippen molar-refractivity contribution in [3.8, 4) is 0 Å². The third-order valence-corrected chi connectivity index (χ3v) is 5.87. The lowest BCUT2D eigenvalue weighted by atomic mass is 10.0. The second kappa shape index (κ2) is 6.14. The van der Waals surface area contributed by atoms with Crippen LogP contribution in [0.3, 0.4) is 0 Å². The Kier molecular flexibility index (Phi) is 4.04. The molecular formula is C19H25FN4O2. The molecule has 6 nitrogen and oxygen atoms in total. The number of anilines is 1. The van der Waals surface area contributed by atoms with Crippen molar-refractivity contribution in [3.05, 3.63) is 38.3 Å². The Morgan fingerprint density at radius 1 is 1.23 bits per heavy atom. The maximum Gasteiger partial charge on any atom is 0.350 e. The molecule has 0 radical (unpaired) electrons. The maximum absolute atomic E-state index is 15.1. The largest absolute Gasteiger partial charge is 0.369 e. The van der Waals surface area contributed by atoms with Gasteiger partial charge in [-0.25, -0.2) is 9.18 Å². The molecule has 1 aliphatic heterocycles. The second-order valence-electron chi connectivity index (χ2n) is 7.50. The van der Waals surface area contributed by atoms with E-state index in [1.807, 2.05) is 6.92 Å². The number of aromatic nitrogens is 2. The summed E-state index contributed by atoms with van der Waals surface area (Å²) in [4.78, 5) is 27.3. The molecule has 2 aromatic rings. The van der Waals surface area contributed by atoms with Crippen molar-refractivity contribution >= 4 is 16.6 Å². The number of halogens is 1. The Balaban J connectivity index is 2.05. The maximum atomic E-state index is 15.1. The van der Waals surface area contributed by atoms with Crippen LogP contribution in [0.15, 0.2) is 15.7 Å². The van der Waals surface area contributed by atoms with Crippen LogP contribution < -0.4 is 22.0 Å². The van der Waals surface area contributed by atoms with E-state index in [4.69, 9.17) is 5.84 Å². The van der Waals surface area contributed by atoms with Crippen LogP contribution in [0.25, 0.3) is 10.9 Å². The van der Waals surface area contributed by atoms with Crippen molar-refractivity contribution < 1.29 is 4.39 Å². The van der Waals surface area contributed by atoms with E-state index in [1.165, 1.54) is 6.07 Å². The number of fused-ring (bicyclic) bond motifs is 1. The highest BCUT2D eigenvalue weighted by Gasteiger charge is 2.32. The molecule has 1 unspecified atom stereocenters. The van der Waals surface area contributed by atoms with Gasteiger partial charge in [0.05, 0.1) is 16.6 Å². The van der Waals surface area contributed by atoms with Crippen molar-refractivity contribution in [2.45, 2.75) is 52.0 Å². The first-order valence-electron chi connectivity index (χ1n) is 9.50. The van der Waals surface area contributed by atoms with Gasteiger partial charge < -0.3 is 10.7 Å². The lowest BCUT2D eigenvalue weighted by Gasteiger charge is -2.25. The first-order chi connectivity index (χ1) is 12.5. The minimum absolute atomic E-state index is 0.0472. The summed E-state index contributed by atoms with van der Waals surface area (Å²) in [5, 5.41) is 0.198. The minimum atomic E-state index is -0.630. The van der Waals surface area contributed by atoms with Gasteiger partial charge in [0.25, 0.3) is 5.56 Å². The molecule has 2 fully saturated rings. The fourth-order valence-corrected chi connectivity index (χ4v) is 4.27. The molecule has 1 saturated heterocycles. The van der Waals surface area contributed by atoms with Crippen LogP contribution in [0, 0.1) is 11.7 Å². The molecule has 2 heterocycles.